The number of nitrogens with one attached hydrogen (secondary N) is 1. The highest BCUT2D eigenvalue weighted by atomic mass is 79.9. The topological polar surface area (TPSA) is 12.0 Å². The maximum absolute atomic E-state index is 3.65. The third kappa shape index (κ3) is 2.82. The number of aryl methyl sites for hydroxylation is 1. The Hall–Kier alpha value is -0.930. The number of fused-ring (bicyclic) bond motifs is 1. The molecule has 3 heteroatoms. The lowest BCUT2D eigenvalue weighted by molar-refractivity contribution is 0.898. The van der Waals surface area contributed by atoms with Crippen molar-refractivity contribution < 1.29 is 0 Å². The highest BCUT2D eigenvalue weighted by Gasteiger charge is 2.21. The van der Waals surface area contributed by atoms with Crippen molar-refractivity contribution in [2.75, 3.05) is 11.9 Å². The van der Waals surface area contributed by atoms with Crippen LogP contribution in [0, 0.1) is 6.92 Å². The Balaban J connectivity index is 1.64. The molecule has 1 nitrogen and oxygen atoms in total. The van der Waals surface area contributed by atoms with E-state index in [2.05, 4.69) is 70.6 Å². The SMILES string of the molecule is Cc1cccc(NCC2Cc3ccccc3S2)c1Br. The van der Waals surface area contributed by atoms with Gasteiger partial charge in [0.05, 0.1) is 0 Å². The lowest BCUT2D eigenvalue weighted by Gasteiger charge is -2.13. The van der Waals surface area contributed by atoms with Crippen LogP contribution in [-0.2, 0) is 6.42 Å². The molecule has 2 aromatic carbocycles. The van der Waals surface area contributed by atoms with E-state index >= 15 is 0 Å². The van der Waals surface area contributed by atoms with Gasteiger partial charge in [-0.1, -0.05) is 30.3 Å². The summed E-state index contributed by atoms with van der Waals surface area (Å²) >= 11 is 5.64. The molecule has 2 aromatic rings. The monoisotopic (exact) mass is 333 g/mol. The van der Waals surface area contributed by atoms with Gasteiger partial charge in [-0.2, -0.15) is 0 Å². The Labute approximate surface area is 126 Å². The van der Waals surface area contributed by atoms with Gasteiger partial charge in [0.15, 0.2) is 0 Å². The lowest BCUT2D eigenvalue weighted by Crippen LogP contribution is -2.16. The number of halogens is 1. The molecule has 0 amide bonds. The van der Waals surface area contributed by atoms with Gasteiger partial charge in [0.2, 0.25) is 0 Å². The van der Waals surface area contributed by atoms with Crippen LogP contribution in [0.4, 0.5) is 5.69 Å². The van der Waals surface area contributed by atoms with Crippen molar-refractivity contribution in [3.8, 4) is 0 Å². The highest BCUT2D eigenvalue weighted by molar-refractivity contribution is 9.10. The molecule has 0 radical (unpaired) electrons. The van der Waals surface area contributed by atoms with Crippen molar-refractivity contribution in [1.82, 2.24) is 0 Å². The zero-order valence-corrected chi connectivity index (χ0v) is 13.2. The Morgan fingerprint density at radius 1 is 1.21 bits per heavy atom. The Kier molecular flexibility index (Phi) is 3.85. The highest BCUT2D eigenvalue weighted by Crippen LogP contribution is 2.37. The van der Waals surface area contributed by atoms with Crippen LogP contribution in [-0.4, -0.2) is 11.8 Å². The number of anilines is 1. The van der Waals surface area contributed by atoms with E-state index in [0.29, 0.717) is 5.25 Å². The smallest absolute Gasteiger partial charge is 0.0487 e. The molecule has 3 rings (SSSR count). The third-order valence-corrected chi connectivity index (χ3v) is 5.80. The zero-order valence-electron chi connectivity index (χ0n) is 10.8. The first-order valence-corrected chi connectivity index (χ1v) is 8.15. The predicted octanol–water partition coefficient (Wildman–Crippen LogP) is 4.89. The fourth-order valence-electron chi connectivity index (χ4n) is 2.38. The third-order valence-electron chi connectivity index (χ3n) is 3.43. The molecule has 0 fully saturated rings. The number of hydrogen-bond donors (Lipinski definition) is 1. The van der Waals surface area contributed by atoms with Crippen LogP contribution in [0.25, 0.3) is 0 Å². The molecule has 1 aliphatic rings. The summed E-state index contributed by atoms with van der Waals surface area (Å²) in [5.74, 6) is 0. The maximum atomic E-state index is 3.65. The van der Waals surface area contributed by atoms with Gasteiger partial charge in [0, 0.05) is 26.9 Å². The molecule has 0 saturated heterocycles. The molecular weight excluding hydrogens is 318 g/mol. The Bertz CT molecular complexity index is 572. The first-order valence-electron chi connectivity index (χ1n) is 6.47. The molecule has 1 unspecified atom stereocenters. The van der Waals surface area contributed by atoms with Crippen LogP contribution >= 0.6 is 27.7 Å². The zero-order chi connectivity index (χ0) is 13.2. The van der Waals surface area contributed by atoms with E-state index in [0.717, 1.165) is 13.0 Å². The van der Waals surface area contributed by atoms with E-state index in [1.807, 2.05) is 11.8 Å². The second-order valence-electron chi connectivity index (χ2n) is 4.87. The van der Waals surface area contributed by atoms with Crippen molar-refractivity contribution in [2.24, 2.45) is 0 Å². The number of hydrogen-bond acceptors (Lipinski definition) is 2. The summed E-state index contributed by atoms with van der Waals surface area (Å²) in [6, 6.07) is 15.1. The molecule has 0 bridgehead atoms. The summed E-state index contributed by atoms with van der Waals surface area (Å²) in [5.41, 5.74) is 3.95. The van der Waals surface area contributed by atoms with Crippen molar-refractivity contribution in [1.29, 1.82) is 0 Å². The van der Waals surface area contributed by atoms with Crippen LogP contribution in [0.15, 0.2) is 51.8 Å². The first kappa shape index (κ1) is 13.1. The summed E-state index contributed by atoms with van der Waals surface area (Å²) in [5, 5.41) is 4.19. The van der Waals surface area contributed by atoms with E-state index in [-0.39, 0.29) is 0 Å². The van der Waals surface area contributed by atoms with Crippen LogP contribution in [0.3, 0.4) is 0 Å². The van der Waals surface area contributed by atoms with Gasteiger partial charge in [-0.15, -0.1) is 11.8 Å². The van der Waals surface area contributed by atoms with E-state index < -0.39 is 0 Å². The summed E-state index contributed by atoms with van der Waals surface area (Å²) in [7, 11) is 0. The number of rotatable bonds is 3. The lowest BCUT2D eigenvalue weighted by atomic mass is 10.1. The molecule has 1 N–H and O–H groups in total. The van der Waals surface area contributed by atoms with Gasteiger partial charge in [-0.3, -0.25) is 0 Å². The fourth-order valence-corrected chi connectivity index (χ4v) is 4.03. The van der Waals surface area contributed by atoms with Crippen LogP contribution < -0.4 is 5.32 Å². The van der Waals surface area contributed by atoms with Crippen molar-refractivity contribution in [3.05, 3.63) is 58.1 Å². The second kappa shape index (κ2) is 5.59. The van der Waals surface area contributed by atoms with Crippen molar-refractivity contribution in [3.63, 3.8) is 0 Å². The van der Waals surface area contributed by atoms with Crippen molar-refractivity contribution >= 4 is 33.4 Å². The Morgan fingerprint density at radius 3 is 2.89 bits per heavy atom. The minimum Gasteiger partial charge on any atom is -0.383 e. The van der Waals surface area contributed by atoms with Gasteiger partial charge in [-0.25, -0.2) is 0 Å². The maximum Gasteiger partial charge on any atom is 0.0487 e. The standard InChI is InChI=1S/C16H16BrNS/c1-11-5-4-7-14(16(11)17)18-10-13-9-12-6-2-3-8-15(12)19-13/h2-8,13,18H,9-10H2,1H3. The average molecular weight is 334 g/mol. The molecule has 1 heterocycles. The minimum absolute atomic E-state index is 0.629. The quantitative estimate of drug-likeness (QED) is 0.858. The summed E-state index contributed by atoms with van der Waals surface area (Å²) in [6.45, 7) is 3.12. The molecule has 1 atom stereocenters. The molecule has 19 heavy (non-hydrogen) atoms. The van der Waals surface area contributed by atoms with E-state index in [9.17, 15) is 0 Å². The molecule has 1 aliphatic heterocycles. The largest absolute Gasteiger partial charge is 0.383 e. The van der Waals surface area contributed by atoms with Gasteiger partial charge >= 0.3 is 0 Å². The molecule has 0 aliphatic carbocycles. The van der Waals surface area contributed by atoms with Crippen LogP contribution in [0.5, 0.6) is 0 Å². The van der Waals surface area contributed by atoms with Gasteiger partial charge in [0.1, 0.15) is 0 Å². The molecule has 0 aromatic heterocycles. The van der Waals surface area contributed by atoms with Gasteiger partial charge < -0.3 is 5.32 Å². The molecule has 98 valence electrons. The van der Waals surface area contributed by atoms with E-state index in [4.69, 9.17) is 0 Å². The normalized spacial score (nSPS) is 17.3. The van der Waals surface area contributed by atoms with Gasteiger partial charge in [0.25, 0.3) is 0 Å². The molecule has 0 spiro atoms. The fraction of sp³-hybridized carbons (Fsp3) is 0.250. The molecule has 0 saturated carbocycles. The van der Waals surface area contributed by atoms with E-state index in [1.54, 1.807) is 0 Å². The minimum atomic E-state index is 0.629. The summed E-state index contributed by atoms with van der Waals surface area (Å²) in [4.78, 5) is 1.44. The second-order valence-corrected chi connectivity index (χ2v) is 7.00. The van der Waals surface area contributed by atoms with E-state index in [1.165, 1.54) is 26.2 Å². The average Bonchev–Trinajstić information content (AvgIpc) is 2.83. The van der Waals surface area contributed by atoms with Gasteiger partial charge in [-0.05, 0) is 52.5 Å². The van der Waals surface area contributed by atoms with Crippen LogP contribution in [0.2, 0.25) is 0 Å². The Morgan fingerprint density at radius 2 is 2.05 bits per heavy atom. The predicted molar refractivity (Wildman–Crippen MR) is 87.2 cm³/mol. The summed E-state index contributed by atoms with van der Waals surface area (Å²) in [6.07, 6.45) is 1.16. The summed E-state index contributed by atoms with van der Waals surface area (Å²) < 4.78 is 1.18. The number of benzene rings is 2. The first-order chi connectivity index (χ1) is 9.24. The van der Waals surface area contributed by atoms with Crippen molar-refractivity contribution in [2.45, 2.75) is 23.5 Å². The number of thioether (sulfide) groups is 1. The molecular formula is C16H16BrNS. The van der Waals surface area contributed by atoms with Crippen LogP contribution in [0.1, 0.15) is 11.1 Å².